The van der Waals surface area contributed by atoms with E-state index in [1.807, 2.05) is 52.9 Å². The number of carbonyl (C=O) groups is 1. The first kappa shape index (κ1) is 38.7. The standard InChI is InChI=1S/C29H24NS.C15H28O2.Ir/c1-17(2)18-12-14-23-19(16-18)13-15-24(30-23)20-9-7-10-22-26(20)29(3,4)27-21-8-5-6-11-25(21)31-28(22)27;1-7-14(5,8-2)12(16)11-13(17)15(6,9-3)10-4;/h5-8,10-17H,1-4H3;11,16H,7-10H2,1-6H3;/q-1;;/b;12-11-;. The zero-order chi connectivity index (χ0) is 35.0. The van der Waals surface area contributed by atoms with E-state index >= 15 is 0 Å². The molecule has 0 spiro atoms. The molecule has 0 amide bonds. The molecule has 0 fully saturated rings. The van der Waals surface area contributed by atoms with Gasteiger partial charge >= 0.3 is 0 Å². The van der Waals surface area contributed by atoms with Crippen molar-refractivity contribution in [1.29, 1.82) is 0 Å². The van der Waals surface area contributed by atoms with Gasteiger partial charge in [0.15, 0.2) is 5.78 Å². The number of ketones is 1. The van der Waals surface area contributed by atoms with E-state index < -0.39 is 0 Å². The largest absolute Gasteiger partial charge is 0.512 e. The Bertz CT molecular complexity index is 1990. The molecule has 5 heteroatoms. The molecule has 3 aromatic carbocycles. The zero-order valence-electron chi connectivity index (χ0n) is 30.9. The van der Waals surface area contributed by atoms with Crippen molar-refractivity contribution in [3.63, 3.8) is 0 Å². The number of pyridine rings is 1. The Morgan fingerprint density at radius 1 is 0.918 bits per heavy atom. The molecule has 0 atom stereocenters. The average molecular weight is 851 g/mol. The molecule has 1 aliphatic rings. The molecule has 6 rings (SSSR count). The predicted octanol–water partition coefficient (Wildman–Crippen LogP) is 13.0. The minimum absolute atomic E-state index is 0. The van der Waals surface area contributed by atoms with E-state index in [1.165, 1.54) is 48.7 Å². The molecule has 0 saturated carbocycles. The van der Waals surface area contributed by atoms with Crippen molar-refractivity contribution >= 4 is 38.1 Å². The van der Waals surface area contributed by atoms with Crippen molar-refractivity contribution in [2.24, 2.45) is 10.8 Å². The molecule has 1 radical (unpaired) electrons. The number of aliphatic hydroxyl groups is 1. The predicted molar refractivity (Wildman–Crippen MR) is 206 cm³/mol. The van der Waals surface area contributed by atoms with E-state index in [0.717, 1.165) is 42.5 Å². The molecule has 5 aromatic rings. The fourth-order valence-electron chi connectivity index (χ4n) is 6.85. The van der Waals surface area contributed by atoms with Crippen LogP contribution in [0.25, 0.3) is 42.7 Å². The fraction of sp³-hybridized carbons (Fsp3) is 0.409. The number of aliphatic hydroxyl groups excluding tert-OH is 1. The number of benzene rings is 3. The van der Waals surface area contributed by atoms with Gasteiger partial charge < -0.3 is 5.11 Å². The summed E-state index contributed by atoms with van der Waals surface area (Å²) < 4.78 is 1.37. The van der Waals surface area contributed by atoms with Crippen molar-refractivity contribution in [1.82, 2.24) is 4.98 Å². The number of rotatable bonds is 9. The summed E-state index contributed by atoms with van der Waals surface area (Å²) in [4.78, 5) is 18.7. The molecule has 0 aliphatic heterocycles. The third-order valence-corrected chi connectivity index (χ3v) is 12.5. The maximum absolute atomic E-state index is 12.2. The van der Waals surface area contributed by atoms with E-state index in [4.69, 9.17) is 4.98 Å². The van der Waals surface area contributed by atoms with Crippen LogP contribution in [0.15, 0.2) is 78.6 Å². The van der Waals surface area contributed by atoms with Gasteiger partial charge in [0.05, 0.1) is 5.52 Å². The van der Waals surface area contributed by atoms with Gasteiger partial charge in [-0.1, -0.05) is 111 Å². The first-order valence-corrected chi connectivity index (χ1v) is 18.5. The number of nitrogens with zero attached hydrogens (tertiary/aromatic N) is 1. The van der Waals surface area contributed by atoms with Crippen LogP contribution in [0.3, 0.4) is 0 Å². The van der Waals surface area contributed by atoms with Crippen molar-refractivity contribution in [2.75, 3.05) is 0 Å². The van der Waals surface area contributed by atoms with Gasteiger partial charge in [0.1, 0.15) is 5.76 Å². The van der Waals surface area contributed by atoms with Crippen LogP contribution in [0, 0.1) is 16.9 Å². The summed E-state index contributed by atoms with van der Waals surface area (Å²) >= 11 is 1.91. The number of hydrogen-bond acceptors (Lipinski definition) is 4. The summed E-state index contributed by atoms with van der Waals surface area (Å²) in [5, 5.41) is 12.7. The molecule has 49 heavy (non-hydrogen) atoms. The van der Waals surface area contributed by atoms with Crippen molar-refractivity contribution in [3.05, 3.63) is 101 Å². The minimum atomic E-state index is -0.337. The monoisotopic (exact) mass is 851 g/mol. The normalized spacial score (nSPS) is 13.9. The number of hydrogen-bond donors (Lipinski definition) is 1. The molecule has 1 aliphatic carbocycles. The Labute approximate surface area is 311 Å². The first-order chi connectivity index (χ1) is 22.7. The third-order valence-electron chi connectivity index (χ3n) is 11.3. The van der Waals surface area contributed by atoms with Gasteiger partial charge in [0, 0.05) is 46.6 Å². The average Bonchev–Trinajstić information content (AvgIpc) is 3.60. The van der Waals surface area contributed by atoms with Crippen molar-refractivity contribution in [2.45, 2.75) is 106 Å². The van der Waals surface area contributed by atoms with E-state index in [9.17, 15) is 9.90 Å². The molecular formula is C44H52IrNO2S-. The summed E-state index contributed by atoms with van der Waals surface area (Å²) in [6, 6.07) is 27.6. The Kier molecular flexibility index (Phi) is 11.9. The van der Waals surface area contributed by atoms with Crippen LogP contribution in [0.2, 0.25) is 0 Å². The Morgan fingerprint density at radius 2 is 1.57 bits per heavy atom. The van der Waals surface area contributed by atoms with Gasteiger partial charge in [-0.3, -0.25) is 9.78 Å². The van der Waals surface area contributed by atoms with Crippen LogP contribution in [-0.4, -0.2) is 15.9 Å². The van der Waals surface area contributed by atoms with Gasteiger partial charge in [0.25, 0.3) is 0 Å². The van der Waals surface area contributed by atoms with Crippen molar-refractivity contribution in [3.8, 4) is 21.7 Å². The van der Waals surface area contributed by atoms with Crippen LogP contribution < -0.4 is 0 Å². The second-order valence-corrected chi connectivity index (χ2v) is 15.9. The van der Waals surface area contributed by atoms with Gasteiger partial charge in [-0.05, 0) is 82.8 Å². The maximum Gasteiger partial charge on any atom is 0.164 e. The molecule has 1 N–H and O–H groups in total. The van der Waals surface area contributed by atoms with Crippen molar-refractivity contribution < 1.29 is 30.0 Å². The van der Waals surface area contributed by atoms with Crippen LogP contribution in [0.4, 0.5) is 0 Å². The number of fused-ring (bicyclic) bond motifs is 6. The molecule has 0 saturated heterocycles. The Balaban J connectivity index is 0.000000260. The summed E-state index contributed by atoms with van der Waals surface area (Å²) in [6.07, 6.45) is 4.75. The van der Waals surface area contributed by atoms with E-state index in [-0.39, 0.29) is 47.9 Å². The summed E-state index contributed by atoms with van der Waals surface area (Å²) in [5.74, 6) is 0.804. The number of allylic oxidation sites excluding steroid dienone is 2. The number of aromatic nitrogens is 1. The smallest absolute Gasteiger partial charge is 0.164 e. The Hall–Kier alpha value is -3.11. The topological polar surface area (TPSA) is 50.2 Å². The third kappa shape index (κ3) is 7.09. The maximum atomic E-state index is 12.2. The zero-order valence-corrected chi connectivity index (χ0v) is 34.1. The number of thiophene rings is 1. The first-order valence-electron chi connectivity index (χ1n) is 17.7. The van der Waals surface area contributed by atoms with E-state index in [2.05, 4.69) is 100 Å². The number of carbonyl (C=O) groups excluding carboxylic acids is 1. The van der Waals surface area contributed by atoms with Crippen LogP contribution >= 0.6 is 11.3 Å². The summed E-state index contributed by atoms with van der Waals surface area (Å²) in [5.41, 5.74) is 7.99. The SMILES string of the molecule is CC(C)c1ccc2nc(-c3[c-]ccc4c3C(C)(C)c3c-4sc4ccccc34)ccc2c1.CCC(C)(CC)C(=O)/C=C(\O)C(C)(CC)CC.[Ir]. The van der Waals surface area contributed by atoms with Gasteiger partial charge in [-0.15, -0.1) is 40.7 Å². The summed E-state index contributed by atoms with van der Waals surface area (Å²) in [7, 11) is 0. The molecule has 0 bridgehead atoms. The van der Waals surface area contributed by atoms with Crippen LogP contribution in [-0.2, 0) is 30.3 Å². The second-order valence-electron chi connectivity index (χ2n) is 14.8. The molecule has 3 nitrogen and oxygen atoms in total. The van der Waals surface area contributed by atoms with Gasteiger partial charge in [-0.2, -0.15) is 0 Å². The fourth-order valence-corrected chi connectivity index (χ4v) is 8.24. The molecule has 0 unspecified atom stereocenters. The van der Waals surface area contributed by atoms with E-state index in [0.29, 0.717) is 5.92 Å². The molecule has 2 aromatic heterocycles. The molecular weight excluding hydrogens is 799 g/mol. The van der Waals surface area contributed by atoms with Crippen LogP contribution in [0.1, 0.15) is 118 Å². The molecule has 261 valence electrons. The summed E-state index contributed by atoms with van der Waals surface area (Å²) in [6.45, 7) is 21.2. The molecule has 2 heterocycles. The second kappa shape index (κ2) is 15.0. The quantitative estimate of drug-likeness (QED) is 0.0913. The minimum Gasteiger partial charge on any atom is -0.512 e. The van der Waals surface area contributed by atoms with E-state index in [1.54, 1.807) is 0 Å². The van der Waals surface area contributed by atoms with Gasteiger partial charge in [0.2, 0.25) is 0 Å². The van der Waals surface area contributed by atoms with Crippen LogP contribution in [0.5, 0.6) is 0 Å². The Morgan fingerprint density at radius 3 is 2.20 bits per heavy atom. The van der Waals surface area contributed by atoms with Gasteiger partial charge in [-0.25, -0.2) is 0 Å².